The average molecular weight is 516 g/mol. The zero-order valence-corrected chi connectivity index (χ0v) is 18.9. The summed E-state index contributed by atoms with van der Waals surface area (Å²) < 4.78 is 61.0. The van der Waals surface area contributed by atoms with Crippen molar-refractivity contribution in [3.05, 3.63) is 36.7 Å². The SMILES string of the molecule is CN(C)C(On1nnc2cccnc21)=[N+](C)C.F[P-](F)(F)(F)(F)F.On1nnc2cccnc21. The molecule has 19 heteroatoms. The molecule has 0 atom stereocenters. The van der Waals surface area contributed by atoms with Crippen molar-refractivity contribution >= 4 is 36.2 Å². The first kappa shape index (κ1) is 26.4. The van der Waals surface area contributed by atoms with Gasteiger partial charge in [-0.1, -0.05) is 4.85 Å². The summed E-state index contributed by atoms with van der Waals surface area (Å²) in [6.07, 6.45) is 3.24. The van der Waals surface area contributed by atoms with E-state index in [1.165, 1.54) is 4.85 Å². The van der Waals surface area contributed by atoms with Crippen LogP contribution in [0.2, 0.25) is 0 Å². The molecular weight excluding hydrogens is 497 g/mol. The molecule has 34 heavy (non-hydrogen) atoms. The zero-order valence-electron chi connectivity index (χ0n) is 18.0. The van der Waals surface area contributed by atoms with Gasteiger partial charge < -0.3 is 5.21 Å². The summed E-state index contributed by atoms with van der Waals surface area (Å²) in [5, 5.41) is 23.7. The molecule has 0 unspecified atom stereocenters. The summed E-state index contributed by atoms with van der Waals surface area (Å²) in [5.41, 5.74) is 2.26. The number of rotatable bonds is 1. The van der Waals surface area contributed by atoms with E-state index < -0.39 is 7.81 Å². The normalized spacial score (nSPS) is 13.0. The maximum Gasteiger partial charge on any atom is 0.219 e. The van der Waals surface area contributed by atoms with Gasteiger partial charge in [0.05, 0.1) is 28.2 Å². The van der Waals surface area contributed by atoms with E-state index in [0.29, 0.717) is 33.2 Å². The van der Waals surface area contributed by atoms with Gasteiger partial charge in [-0.05, 0) is 39.5 Å². The fourth-order valence-electron chi connectivity index (χ4n) is 2.20. The number of hydrogen-bond donors (Lipinski definition) is 1. The molecule has 4 rings (SSSR count). The smallest absolute Gasteiger partial charge is 0.219 e. The molecule has 4 heterocycles. The summed E-state index contributed by atoms with van der Waals surface area (Å²) in [6.45, 7) is 0. The van der Waals surface area contributed by atoms with Crippen molar-refractivity contribution < 1.29 is 39.8 Å². The number of pyridine rings is 2. The van der Waals surface area contributed by atoms with Crippen molar-refractivity contribution in [3.63, 3.8) is 0 Å². The minimum absolute atomic E-state index is 0.377. The molecule has 0 radical (unpaired) electrons. The van der Waals surface area contributed by atoms with Crippen LogP contribution in [0.15, 0.2) is 36.7 Å². The monoisotopic (exact) mass is 516 g/mol. The van der Waals surface area contributed by atoms with Crippen molar-refractivity contribution in [2.45, 2.75) is 0 Å². The van der Waals surface area contributed by atoms with Gasteiger partial charge in [0, 0.05) is 12.4 Å². The van der Waals surface area contributed by atoms with Gasteiger partial charge in [0.1, 0.15) is 11.0 Å². The minimum Gasteiger partial charge on any atom is -0.409 e. The Hall–Kier alpha value is -3.82. The number of aromatic nitrogens is 8. The molecule has 188 valence electrons. The maximum atomic E-state index is 9.87. The van der Waals surface area contributed by atoms with Crippen LogP contribution in [0.25, 0.3) is 22.3 Å². The fourth-order valence-corrected chi connectivity index (χ4v) is 2.20. The molecular formula is C15H19F6N10O2P. The van der Waals surface area contributed by atoms with Crippen LogP contribution < -0.4 is 4.84 Å². The molecule has 0 saturated heterocycles. The molecule has 4 aromatic heterocycles. The van der Waals surface area contributed by atoms with E-state index in [1.54, 1.807) is 24.5 Å². The van der Waals surface area contributed by atoms with Gasteiger partial charge in [0.15, 0.2) is 0 Å². The first-order valence-electron chi connectivity index (χ1n) is 8.91. The van der Waals surface area contributed by atoms with E-state index >= 15 is 0 Å². The van der Waals surface area contributed by atoms with E-state index in [9.17, 15) is 25.2 Å². The first-order chi connectivity index (χ1) is 15.4. The van der Waals surface area contributed by atoms with Crippen molar-refractivity contribution in [1.82, 2.24) is 45.2 Å². The Morgan fingerprint density at radius 2 is 1.38 bits per heavy atom. The second-order valence-electron chi connectivity index (χ2n) is 6.75. The molecule has 0 spiro atoms. The topological polar surface area (TPSA) is 123 Å². The van der Waals surface area contributed by atoms with Crippen LogP contribution in [0.5, 0.6) is 0 Å². The standard InChI is InChI=1S/C10H15N6O.C5H4N4O.F6P/c1-14(2)10(15(3)4)17-16-9-8(12-13-16)6-5-7-11-9;10-9-5-4(7-8-9)2-1-3-6-5;1-7(2,3,4,5)6/h5-7H,1-4H3;1-3,10H;/q+1;;-1. The number of amidine groups is 1. The number of nitrogens with zero attached hydrogens (tertiary/aromatic N) is 10. The molecule has 0 amide bonds. The largest absolute Gasteiger partial charge is 0.409 e. The maximum absolute atomic E-state index is 10.7. The second-order valence-corrected chi connectivity index (χ2v) is 8.67. The molecule has 4 aromatic rings. The number of hydrogen-bond acceptors (Lipinski definition) is 8. The Balaban J connectivity index is 0.000000203. The summed E-state index contributed by atoms with van der Waals surface area (Å²) in [5.74, 6) is 0. The molecule has 0 aliphatic heterocycles. The van der Waals surface area contributed by atoms with Gasteiger partial charge >= 0.3 is 39.0 Å². The Kier molecular flexibility index (Phi) is 6.88. The van der Waals surface area contributed by atoms with E-state index in [-0.39, 0.29) is 0 Å². The van der Waals surface area contributed by atoms with Gasteiger partial charge in [-0.3, -0.25) is 4.84 Å². The van der Waals surface area contributed by atoms with Crippen molar-refractivity contribution in [2.75, 3.05) is 28.2 Å². The number of halogens is 6. The van der Waals surface area contributed by atoms with E-state index in [4.69, 9.17) is 10.0 Å². The van der Waals surface area contributed by atoms with Gasteiger partial charge in [0.2, 0.25) is 11.3 Å². The van der Waals surface area contributed by atoms with Gasteiger partial charge in [-0.2, -0.15) is 0 Å². The van der Waals surface area contributed by atoms with Crippen LogP contribution in [-0.2, 0) is 0 Å². The third kappa shape index (κ3) is 8.97. The van der Waals surface area contributed by atoms with E-state index in [2.05, 4.69) is 30.6 Å². The van der Waals surface area contributed by atoms with Crippen LogP contribution in [0.3, 0.4) is 0 Å². The second kappa shape index (κ2) is 8.85. The summed E-state index contributed by atoms with van der Waals surface area (Å²) in [7, 11) is -3.09. The van der Waals surface area contributed by atoms with Crippen molar-refractivity contribution in [3.8, 4) is 0 Å². The molecule has 0 saturated carbocycles. The fraction of sp³-hybridized carbons (Fsp3) is 0.267. The van der Waals surface area contributed by atoms with Gasteiger partial charge in [0.25, 0.3) is 0 Å². The predicted octanol–water partition coefficient (Wildman–Crippen LogP) is 2.89. The van der Waals surface area contributed by atoms with Crippen LogP contribution in [0.1, 0.15) is 0 Å². The average Bonchev–Trinajstić information content (AvgIpc) is 3.28. The molecule has 0 bridgehead atoms. The summed E-state index contributed by atoms with van der Waals surface area (Å²) >= 11 is 0. The minimum atomic E-state index is -10.7. The Morgan fingerprint density at radius 3 is 1.85 bits per heavy atom. The summed E-state index contributed by atoms with van der Waals surface area (Å²) in [4.78, 5) is 17.4. The summed E-state index contributed by atoms with van der Waals surface area (Å²) in [6, 6.07) is 7.74. The van der Waals surface area contributed by atoms with Crippen molar-refractivity contribution in [2.24, 2.45) is 0 Å². The van der Waals surface area contributed by atoms with Crippen LogP contribution in [-0.4, -0.2) is 89.2 Å². The molecule has 12 nitrogen and oxygen atoms in total. The van der Waals surface area contributed by atoms with Gasteiger partial charge in [-0.15, -0.1) is 10.2 Å². The third-order valence-electron chi connectivity index (χ3n) is 3.31. The zero-order chi connectivity index (χ0) is 25.8. The van der Waals surface area contributed by atoms with E-state index in [0.717, 1.165) is 0 Å². The Bertz CT molecular complexity index is 1290. The third-order valence-corrected chi connectivity index (χ3v) is 3.31. The van der Waals surface area contributed by atoms with Gasteiger partial charge in [-0.25, -0.2) is 19.4 Å². The quantitative estimate of drug-likeness (QED) is 0.102. The molecule has 0 aliphatic carbocycles. The van der Waals surface area contributed by atoms with Crippen LogP contribution in [0.4, 0.5) is 25.2 Å². The molecule has 0 aromatic carbocycles. The Labute approximate surface area is 186 Å². The molecule has 0 fully saturated rings. The first-order valence-corrected chi connectivity index (χ1v) is 10.9. The van der Waals surface area contributed by atoms with Crippen LogP contribution >= 0.6 is 7.81 Å². The van der Waals surface area contributed by atoms with Crippen molar-refractivity contribution in [1.29, 1.82) is 0 Å². The van der Waals surface area contributed by atoms with Crippen LogP contribution in [0, 0.1) is 0 Å². The van der Waals surface area contributed by atoms with E-state index in [1.807, 2.05) is 49.8 Å². The number of fused-ring (bicyclic) bond motifs is 2. The molecule has 0 aliphatic rings. The molecule has 1 N–H and O–H groups in total. The Morgan fingerprint density at radius 1 is 0.912 bits per heavy atom. The predicted molar refractivity (Wildman–Crippen MR) is 109 cm³/mol.